The minimum absolute atomic E-state index is 0.0851. The van der Waals surface area contributed by atoms with Gasteiger partial charge in [0.1, 0.15) is 0 Å². The number of aromatic nitrogens is 1. The summed E-state index contributed by atoms with van der Waals surface area (Å²) in [5, 5.41) is 0. The maximum absolute atomic E-state index is 12.5. The van der Waals surface area contributed by atoms with Crippen LogP contribution in [0.25, 0.3) is 0 Å². The van der Waals surface area contributed by atoms with Crippen molar-refractivity contribution in [3.63, 3.8) is 0 Å². The van der Waals surface area contributed by atoms with Crippen LogP contribution in [0.15, 0.2) is 77.7 Å². The summed E-state index contributed by atoms with van der Waals surface area (Å²) in [4.78, 5) is 20.6. The molecule has 0 aliphatic carbocycles. The first-order chi connectivity index (χ1) is 12.8. The standard InChI is InChI=1S/C21H21N3O2/c25-21(19-15-22-16-26-19)24-13-11-23(12-14-24)20(17-7-3-1-4-8-17)18-9-5-2-6-10-18/h1-10,15-16,20H,11-14H2. The van der Waals surface area contributed by atoms with Gasteiger partial charge in [-0.15, -0.1) is 0 Å². The lowest BCUT2D eigenvalue weighted by atomic mass is 9.96. The van der Waals surface area contributed by atoms with Crippen molar-refractivity contribution in [2.45, 2.75) is 6.04 Å². The molecule has 1 aromatic heterocycles. The Hall–Kier alpha value is -2.92. The van der Waals surface area contributed by atoms with E-state index in [0.29, 0.717) is 18.8 Å². The van der Waals surface area contributed by atoms with Crippen molar-refractivity contribution in [1.82, 2.24) is 14.8 Å². The lowest BCUT2D eigenvalue weighted by Gasteiger charge is -2.39. The van der Waals surface area contributed by atoms with Crippen LogP contribution in [0.3, 0.4) is 0 Å². The molecule has 0 atom stereocenters. The van der Waals surface area contributed by atoms with Gasteiger partial charge in [-0.2, -0.15) is 0 Å². The molecule has 132 valence electrons. The molecule has 0 spiro atoms. The smallest absolute Gasteiger partial charge is 0.291 e. The van der Waals surface area contributed by atoms with Crippen molar-refractivity contribution >= 4 is 5.91 Å². The third-order valence-electron chi connectivity index (χ3n) is 4.84. The van der Waals surface area contributed by atoms with Crippen LogP contribution >= 0.6 is 0 Å². The topological polar surface area (TPSA) is 49.6 Å². The highest BCUT2D eigenvalue weighted by atomic mass is 16.3. The predicted octanol–water partition coefficient (Wildman–Crippen LogP) is 3.22. The summed E-state index contributed by atoms with van der Waals surface area (Å²) in [6, 6.07) is 21.3. The number of amides is 1. The van der Waals surface area contributed by atoms with E-state index in [0.717, 1.165) is 13.1 Å². The Bertz CT molecular complexity index is 787. The lowest BCUT2D eigenvalue weighted by Crippen LogP contribution is -2.49. The van der Waals surface area contributed by atoms with Crippen LogP contribution in [0.5, 0.6) is 0 Å². The third kappa shape index (κ3) is 3.39. The van der Waals surface area contributed by atoms with E-state index in [2.05, 4.69) is 58.4 Å². The molecule has 0 bridgehead atoms. The fourth-order valence-electron chi connectivity index (χ4n) is 3.55. The van der Waals surface area contributed by atoms with Gasteiger partial charge in [0, 0.05) is 26.2 Å². The zero-order valence-corrected chi connectivity index (χ0v) is 14.5. The Morgan fingerprint density at radius 2 is 1.46 bits per heavy atom. The van der Waals surface area contributed by atoms with Gasteiger partial charge in [-0.05, 0) is 11.1 Å². The van der Waals surface area contributed by atoms with E-state index in [9.17, 15) is 4.79 Å². The Morgan fingerprint density at radius 1 is 0.885 bits per heavy atom. The number of nitrogens with zero attached hydrogens (tertiary/aromatic N) is 3. The molecular weight excluding hydrogens is 326 g/mol. The molecule has 0 N–H and O–H groups in total. The van der Waals surface area contributed by atoms with Crippen molar-refractivity contribution in [3.05, 3.63) is 90.1 Å². The Morgan fingerprint density at radius 3 is 1.96 bits per heavy atom. The fraction of sp³-hybridized carbons (Fsp3) is 0.238. The van der Waals surface area contributed by atoms with Crippen LogP contribution < -0.4 is 0 Å². The molecule has 1 aliphatic rings. The molecule has 2 aromatic carbocycles. The molecule has 1 aliphatic heterocycles. The van der Waals surface area contributed by atoms with E-state index in [1.54, 1.807) is 0 Å². The van der Waals surface area contributed by atoms with Crippen molar-refractivity contribution in [2.75, 3.05) is 26.2 Å². The van der Waals surface area contributed by atoms with Crippen molar-refractivity contribution < 1.29 is 9.21 Å². The van der Waals surface area contributed by atoms with Crippen molar-refractivity contribution in [1.29, 1.82) is 0 Å². The van der Waals surface area contributed by atoms with Crippen LogP contribution in [0.2, 0.25) is 0 Å². The van der Waals surface area contributed by atoms with Crippen LogP contribution in [0.4, 0.5) is 0 Å². The van der Waals surface area contributed by atoms with Gasteiger partial charge in [0.2, 0.25) is 5.76 Å². The Balaban J connectivity index is 1.52. The number of hydrogen-bond acceptors (Lipinski definition) is 4. The highest BCUT2D eigenvalue weighted by Gasteiger charge is 2.29. The SMILES string of the molecule is O=C(c1cnco1)N1CCN(C(c2ccccc2)c2ccccc2)CC1. The van der Waals surface area contributed by atoms with Gasteiger partial charge < -0.3 is 9.32 Å². The van der Waals surface area contributed by atoms with Gasteiger partial charge in [-0.25, -0.2) is 4.98 Å². The van der Waals surface area contributed by atoms with E-state index >= 15 is 0 Å². The zero-order valence-electron chi connectivity index (χ0n) is 14.5. The van der Waals surface area contributed by atoms with E-state index in [-0.39, 0.29) is 11.9 Å². The Labute approximate surface area is 152 Å². The molecule has 0 saturated carbocycles. The highest BCUT2D eigenvalue weighted by Crippen LogP contribution is 2.29. The highest BCUT2D eigenvalue weighted by molar-refractivity contribution is 5.91. The summed E-state index contributed by atoms with van der Waals surface area (Å²) in [7, 11) is 0. The van der Waals surface area contributed by atoms with Crippen LogP contribution in [-0.2, 0) is 0 Å². The maximum Gasteiger partial charge on any atom is 0.291 e. The predicted molar refractivity (Wildman–Crippen MR) is 98.7 cm³/mol. The summed E-state index contributed by atoms with van der Waals surface area (Å²) in [6.45, 7) is 2.98. The fourth-order valence-corrected chi connectivity index (χ4v) is 3.55. The van der Waals surface area contributed by atoms with Gasteiger partial charge in [0.05, 0.1) is 12.2 Å². The summed E-state index contributed by atoms with van der Waals surface area (Å²) in [5.41, 5.74) is 2.54. The molecule has 2 heterocycles. The number of hydrogen-bond donors (Lipinski definition) is 0. The molecule has 1 fully saturated rings. The van der Waals surface area contributed by atoms with Gasteiger partial charge in [0.15, 0.2) is 6.39 Å². The molecule has 3 aromatic rings. The van der Waals surface area contributed by atoms with Crippen LogP contribution in [-0.4, -0.2) is 46.9 Å². The number of piperazine rings is 1. The van der Waals surface area contributed by atoms with Crippen molar-refractivity contribution in [3.8, 4) is 0 Å². The lowest BCUT2D eigenvalue weighted by molar-refractivity contribution is 0.0568. The molecule has 1 amide bonds. The second-order valence-electron chi connectivity index (χ2n) is 6.42. The number of oxazole rings is 1. The summed E-state index contributed by atoms with van der Waals surface area (Å²) in [5.74, 6) is 0.222. The van der Waals surface area contributed by atoms with Crippen LogP contribution in [0, 0.1) is 0 Å². The monoisotopic (exact) mass is 347 g/mol. The van der Waals surface area contributed by atoms with Gasteiger partial charge >= 0.3 is 0 Å². The van der Waals surface area contributed by atoms with Gasteiger partial charge in [-0.3, -0.25) is 9.69 Å². The normalized spacial score (nSPS) is 15.3. The molecule has 1 saturated heterocycles. The van der Waals surface area contributed by atoms with Gasteiger partial charge in [-0.1, -0.05) is 60.7 Å². The number of carbonyl (C=O) groups excluding carboxylic acids is 1. The summed E-state index contributed by atoms with van der Waals surface area (Å²) >= 11 is 0. The van der Waals surface area contributed by atoms with E-state index in [4.69, 9.17) is 4.42 Å². The average molecular weight is 347 g/mol. The largest absolute Gasteiger partial charge is 0.438 e. The summed E-state index contributed by atoms with van der Waals surface area (Å²) < 4.78 is 5.15. The molecule has 0 unspecified atom stereocenters. The van der Waals surface area contributed by atoms with Gasteiger partial charge in [0.25, 0.3) is 5.91 Å². The number of benzene rings is 2. The molecular formula is C21H21N3O2. The number of rotatable bonds is 4. The molecule has 5 heteroatoms. The average Bonchev–Trinajstić information content (AvgIpc) is 3.25. The van der Waals surface area contributed by atoms with Crippen molar-refractivity contribution in [2.24, 2.45) is 0 Å². The minimum Gasteiger partial charge on any atom is -0.438 e. The second-order valence-corrected chi connectivity index (χ2v) is 6.42. The first kappa shape index (κ1) is 16.5. The molecule has 5 nitrogen and oxygen atoms in total. The molecule has 26 heavy (non-hydrogen) atoms. The first-order valence-electron chi connectivity index (χ1n) is 8.84. The summed E-state index contributed by atoms with van der Waals surface area (Å²) in [6.07, 6.45) is 2.77. The first-order valence-corrected chi connectivity index (χ1v) is 8.84. The quantitative estimate of drug-likeness (QED) is 0.727. The van der Waals surface area contributed by atoms with E-state index in [1.807, 2.05) is 17.0 Å². The Kier molecular flexibility index (Phi) is 4.80. The molecule has 4 rings (SSSR count). The third-order valence-corrected chi connectivity index (χ3v) is 4.84. The zero-order chi connectivity index (χ0) is 17.8. The van der Waals surface area contributed by atoms with E-state index < -0.39 is 0 Å². The van der Waals surface area contributed by atoms with E-state index in [1.165, 1.54) is 23.7 Å². The second kappa shape index (κ2) is 7.54. The molecule has 0 radical (unpaired) electrons. The minimum atomic E-state index is -0.0851. The van der Waals surface area contributed by atoms with Crippen LogP contribution in [0.1, 0.15) is 27.7 Å². The number of carbonyl (C=O) groups is 1. The maximum atomic E-state index is 12.5.